The molecule has 2 rings (SSSR count). The molecule has 0 amide bonds. The van der Waals surface area contributed by atoms with Gasteiger partial charge in [-0.2, -0.15) is 0 Å². The van der Waals surface area contributed by atoms with Gasteiger partial charge in [-0.25, -0.2) is 10.1 Å². The summed E-state index contributed by atoms with van der Waals surface area (Å²) in [5.41, 5.74) is 11.5. The largest absolute Gasteiger partial charge is 0.480 e. The fourth-order valence-corrected chi connectivity index (χ4v) is 1.62. The maximum Gasteiger partial charge on any atom is 0.397 e. The van der Waals surface area contributed by atoms with Crippen molar-refractivity contribution < 1.29 is 24.3 Å². The van der Waals surface area contributed by atoms with Gasteiger partial charge in [-0.1, -0.05) is 18.2 Å². The predicted octanol–water partition coefficient (Wildman–Crippen LogP) is 0.160. The van der Waals surface area contributed by atoms with Gasteiger partial charge < -0.3 is 25.6 Å². The number of aromatic amines is 1. The van der Waals surface area contributed by atoms with Gasteiger partial charge in [0.15, 0.2) is 0 Å². The zero-order valence-electron chi connectivity index (χ0n) is 10.4. The molecule has 0 spiro atoms. The molecule has 1 aromatic heterocycles. The van der Waals surface area contributed by atoms with E-state index in [2.05, 4.69) is 10.5 Å². The van der Waals surface area contributed by atoms with Crippen molar-refractivity contribution in [3.05, 3.63) is 36.0 Å². The zero-order chi connectivity index (χ0) is 15.3. The number of nitrogens with two attached hydrogens (primary N) is 2. The van der Waals surface area contributed by atoms with Crippen molar-refractivity contribution in [2.75, 3.05) is 0 Å². The average molecular weight is 301 g/mol. The molecule has 1 heterocycles. The van der Waals surface area contributed by atoms with Gasteiger partial charge in [0.1, 0.15) is 6.04 Å². The van der Waals surface area contributed by atoms with Crippen molar-refractivity contribution >= 4 is 24.6 Å². The summed E-state index contributed by atoms with van der Waals surface area (Å²) in [5, 5.41) is 9.75. The maximum absolute atomic E-state index is 10.6. The van der Waals surface area contributed by atoms with Gasteiger partial charge in [-0.15, -0.1) is 0 Å². The van der Waals surface area contributed by atoms with Gasteiger partial charge in [0.05, 0.1) is 0 Å². The van der Waals surface area contributed by atoms with E-state index in [0.29, 0.717) is 6.42 Å². The van der Waals surface area contributed by atoms with E-state index in [9.17, 15) is 4.79 Å². The molecule has 0 saturated carbocycles. The summed E-state index contributed by atoms with van der Waals surface area (Å²) >= 11 is 0. The number of aromatic nitrogens is 1. The van der Waals surface area contributed by atoms with Gasteiger partial charge in [-0.05, 0) is 11.6 Å². The molecule has 9 heteroatoms. The number of rotatable bonds is 3. The van der Waals surface area contributed by atoms with E-state index >= 15 is 0 Å². The molecular formula is C11H16N3O5P. The number of carbonyl (C=O) groups is 1. The van der Waals surface area contributed by atoms with Gasteiger partial charge in [0.2, 0.25) is 0 Å². The van der Waals surface area contributed by atoms with Crippen molar-refractivity contribution in [1.29, 1.82) is 0 Å². The summed E-state index contributed by atoms with van der Waals surface area (Å²) in [5.74, 6) is -0.972. The smallest absolute Gasteiger partial charge is 0.397 e. The second-order valence-electron chi connectivity index (χ2n) is 4.10. The minimum Gasteiger partial charge on any atom is -0.480 e. The third kappa shape index (κ3) is 5.52. The van der Waals surface area contributed by atoms with Gasteiger partial charge in [-0.3, -0.25) is 4.79 Å². The van der Waals surface area contributed by atoms with Crippen LogP contribution in [0.15, 0.2) is 30.5 Å². The molecule has 1 atom stereocenters. The molecule has 20 heavy (non-hydrogen) atoms. The number of H-pyrrole nitrogens is 1. The van der Waals surface area contributed by atoms with Crippen molar-refractivity contribution in [3.8, 4) is 0 Å². The Bertz CT molecular complexity index is 628. The number of nitrogens with one attached hydrogen (secondary N) is 1. The SMILES string of the molecule is NC(Cc1c[nH]c2ccccc12)C(=O)O.NP(=O)(O)O. The summed E-state index contributed by atoms with van der Waals surface area (Å²) < 4.78 is 9.10. The Balaban J connectivity index is 0.000000347. The van der Waals surface area contributed by atoms with E-state index in [0.717, 1.165) is 16.5 Å². The lowest BCUT2D eigenvalue weighted by Gasteiger charge is -2.04. The molecular weight excluding hydrogens is 285 g/mol. The Morgan fingerprint density at radius 2 is 1.90 bits per heavy atom. The molecule has 0 aliphatic carbocycles. The van der Waals surface area contributed by atoms with E-state index in [4.69, 9.17) is 25.2 Å². The number of para-hydroxylation sites is 1. The molecule has 0 bridgehead atoms. The van der Waals surface area contributed by atoms with Crippen LogP contribution in [0.25, 0.3) is 10.9 Å². The number of benzene rings is 1. The Labute approximate surface area is 114 Å². The van der Waals surface area contributed by atoms with Gasteiger partial charge >= 0.3 is 13.7 Å². The van der Waals surface area contributed by atoms with E-state index in [1.807, 2.05) is 30.5 Å². The Morgan fingerprint density at radius 3 is 2.45 bits per heavy atom. The molecule has 0 aliphatic heterocycles. The standard InChI is InChI=1S/C11H12N2O2.H4NO3P/c12-9(11(14)15)5-7-6-13-10-4-2-1-3-8(7)10;1-5(2,3)4/h1-4,6,9,13H,5,12H2,(H,14,15);(H4,1,2,3,4). The molecule has 110 valence electrons. The minimum absolute atomic E-state index is 0.347. The molecule has 8 N–H and O–H groups in total. The monoisotopic (exact) mass is 301 g/mol. The predicted molar refractivity (Wildman–Crippen MR) is 73.8 cm³/mol. The normalized spacial score (nSPS) is 12.6. The van der Waals surface area contributed by atoms with Crippen LogP contribution < -0.4 is 11.2 Å². The maximum atomic E-state index is 10.6. The van der Waals surface area contributed by atoms with Crippen LogP contribution in [0, 0.1) is 0 Å². The number of aliphatic carboxylic acids is 1. The average Bonchev–Trinajstić information content (AvgIpc) is 2.70. The van der Waals surface area contributed by atoms with E-state index < -0.39 is 19.8 Å². The quantitative estimate of drug-likeness (QED) is 0.440. The van der Waals surface area contributed by atoms with Crippen LogP contribution in [-0.2, 0) is 15.8 Å². The third-order valence-electron chi connectivity index (χ3n) is 2.43. The summed E-state index contributed by atoms with van der Waals surface area (Å²) in [6, 6.07) is 6.91. The molecule has 0 saturated heterocycles. The van der Waals surface area contributed by atoms with Crippen LogP contribution in [0.1, 0.15) is 5.56 Å². The van der Waals surface area contributed by atoms with Crippen molar-refractivity contribution in [2.45, 2.75) is 12.5 Å². The van der Waals surface area contributed by atoms with Crippen molar-refractivity contribution in [2.24, 2.45) is 11.2 Å². The molecule has 1 aromatic carbocycles. The van der Waals surface area contributed by atoms with E-state index in [-0.39, 0.29) is 0 Å². The summed E-state index contributed by atoms with van der Waals surface area (Å²) in [4.78, 5) is 28.5. The lowest BCUT2D eigenvalue weighted by atomic mass is 10.1. The highest BCUT2D eigenvalue weighted by atomic mass is 31.2. The van der Waals surface area contributed by atoms with E-state index in [1.165, 1.54) is 0 Å². The highest BCUT2D eigenvalue weighted by Gasteiger charge is 2.14. The highest BCUT2D eigenvalue weighted by Crippen LogP contribution is 2.20. The first-order valence-corrected chi connectivity index (χ1v) is 7.24. The topological polar surface area (TPSA) is 163 Å². The van der Waals surface area contributed by atoms with Crippen molar-refractivity contribution in [3.63, 3.8) is 0 Å². The summed E-state index contributed by atoms with van der Waals surface area (Å²) in [7, 11) is -4.14. The lowest BCUT2D eigenvalue weighted by molar-refractivity contribution is -0.138. The minimum atomic E-state index is -4.14. The first kappa shape index (κ1) is 16.4. The Kier molecular flexibility index (Phi) is 5.43. The zero-order valence-corrected chi connectivity index (χ0v) is 11.3. The molecule has 2 aromatic rings. The van der Waals surface area contributed by atoms with Gasteiger partial charge in [0.25, 0.3) is 0 Å². The second kappa shape index (κ2) is 6.65. The molecule has 1 unspecified atom stereocenters. The fraction of sp³-hybridized carbons (Fsp3) is 0.182. The van der Waals surface area contributed by atoms with Crippen LogP contribution in [0.5, 0.6) is 0 Å². The van der Waals surface area contributed by atoms with Crippen LogP contribution in [-0.4, -0.2) is 31.9 Å². The lowest BCUT2D eigenvalue weighted by Crippen LogP contribution is -2.32. The van der Waals surface area contributed by atoms with Gasteiger partial charge in [0, 0.05) is 23.5 Å². The number of carboxylic acids is 1. The second-order valence-corrected chi connectivity index (χ2v) is 5.28. The van der Waals surface area contributed by atoms with Crippen LogP contribution in [0.4, 0.5) is 0 Å². The highest BCUT2D eigenvalue weighted by molar-refractivity contribution is 7.49. The van der Waals surface area contributed by atoms with E-state index in [1.54, 1.807) is 0 Å². The molecule has 0 radical (unpaired) electrons. The van der Waals surface area contributed by atoms with Crippen molar-refractivity contribution in [1.82, 2.24) is 4.98 Å². The van der Waals surface area contributed by atoms with Crippen LogP contribution in [0.2, 0.25) is 0 Å². The Hall–Kier alpha value is -1.70. The third-order valence-corrected chi connectivity index (χ3v) is 2.43. The first-order valence-electron chi connectivity index (χ1n) is 5.56. The molecule has 0 fully saturated rings. The molecule has 8 nitrogen and oxygen atoms in total. The number of fused-ring (bicyclic) bond motifs is 1. The summed E-state index contributed by atoms with van der Waals surface area (Å²) in [6.07, 6.45) is 2.16. The number of carboxylic acid groups (broad SMARTS) is 1. The van der Waals surface area contributed by atoms with Crippen LogP contribution in [0.3, 0.4) is 0 Å². The number of hydrogen-bond acceptors (Lipinski definition) is 3. The summed E-state index contributed by atoms with van der Waals surface area (Å²) in [6.45, 7) is 0. The Morgan fingerprint density at radius 1 is 1.35 bits per heavy atom. The van der Waals surface area contributed by atoms with Crippen LogP contribution >= 0.6 is 7.75 Å². The fourth-order valence-electron chi connectivity index (χ4n) is 1.62. The number of hydrogen-bond donors (Lipinski definition) is 6. The first-order chi connectivity index (χ1) is 9.18. The molecule has 0 aliphatic rings.